The van der Waals surface area contributed by atoms with Crippen LogP contribution in [0.1, 0.15) is 0 Å². The SMILES string of the molecule is OC1([n+]2cccc3ccc4ccccc4c32)Oc2cccc3ccc4ccc[n+]1c4c23. The summed E-state index contributed by atoms with van der Waals surface area (Å²) in [6.07, 6.45) is 3.77. The van der Waals surface area contributed by atoms with Crippen LogP contribution in [0.4, 0.5) is 0 Å². The summed E-state index contributed by atoms with van der Waals surface area (Å²) in [5.41, 5.74) is 1.87. The van der Waals surface area contributed by atoms with Gasteiger partial charge in [0.15, 0.2) is 18.1 Å². The molecule has 0 spiro atoms. The standard InChI is InChI=1S/C27H18N2O2/c30-27(28-16-4-8-20-14-12-18-6-1-2-10-22(18)25(20)28)29-17-5-9-21-15-13-19-7-3-11-23(31-27)24(19)26(21)29/h1-17,30H/q+2. The van der Waals surface area contributed by atoms with Crippen molar-refractivity contribution in [3.63, 3.8) is 0 Å². The van der Waals surface area contributed by atoms with Crippen molar-refractivity contribution >= 4 is 43.4 Å². The molecule has 146 valence electrons. The van der Waals surface area contributed by atoms with Crippen LogP contribution in [0, 0.1) is 0 Å². The zero-order valence-electron chi connectivity index (χ0n) is 16.6. The molecule has 4 aromatic carbocycles. The van der Waals surface area contributed by atoms with E-state index in [-0.39, 0.29) is 0 Å². The molecule has 1 aliphatic heterocycles. The van der Waals surface area contributed by atoms with Gasteiger partial charge < -0.3 is 4.74 Å². The van der Waals surface area contributed by atoms with Crippen molar-refractivity contribution in [2.24, 2.45) is 0 Å². The third-order valence-electron chi connectivity index (χ3n) is 6.32. The average molecular weight is 402 g/mol. The van der Waals surface area contributed by atoms with Gasteiger partial charge in [0.05, 0.1) is 10.8 Å². The van der Waals surface area contributed by atoms with Gasteiger partial charge in [0.25, 0.3) is 0 Å². The van der Waals surface area contributed by atoms with Crippen LogP contribution in [0.15, 0.2) is 103 Å². The van der Waals surface area contributed by atoms with Gasteiger partial charge in [-0.25, -0.2) is 5.11 Å². The minimum atomic E-state index is -1.76. The van der Waals surface area contributed by atoms with Crippen LogP contribution in [0.25, 0.3) is 43.4 Å². The Morgan fingerprint density at radius 3 is 2.03 bits per heavy atom. The number of fused-ring (bicyclic) bond motifs is 3. The predicted octanol–water partition coefficient (Wildman–Crippen LogP) is 4.38. The molecule has 0 fully saturated rings. The van der Waals surface area contributed by atoms with Crippen molar-refractivity contribution in [2.45, 2.75) is 6.03 Å². The Morgan fingerprint density at radius 1 is 0.581 bits per heavy atom. The molecule has 1 aliphatic rings. The summed E-state index contributed by atoms with van der Waals surface area (Å²) < 4.78 is 10.1. The molecule has 0 aliphatic carbocycles. The second-order valence-corrected chi connectivity index (χ2v) is 8.01. The van der Waals surface area contributed by atoms with E-state index >= 15 is 0 Å². The minimum absolute atomic E-state index is 0.668. The average Bonchev–Trinajstić information content (AvgIpc) is 2.82. The Morgan fingerprint density at radius 2 is 1.19 bits per heavy atom. The molecule has 3 heterocycles. The van der Waals surface area contributed by atoms with E-state index in [0.717, 1.165) is 43.4 Å². The van der Waals surface area contributed by atoms with Gasteiger partial charge in [0.2, 0.25) is 11.0 Å². The lowest BCUT2D eigenvalue weighted by Gasteiger charge is -2.24. The number of pyridine rings is 2. The zero-order valence-corrected chi connectivity index (χ0v) is 16.6. The molecule has 1 N–H and O–H groups in total. The minimum Gasteiger partial charge on any atom is -0.351 e. The second kappa shape index (κ2) is 5.78. The van der Waals surface area contributed by atoms with Crippen LogP contribution in [0.5, 0.6) is 5.75 Å². The van der Waals surface area contributed by atoms with Crippen molar-refractivity contribution in [2.75, 3.05) is 0 Å². The van der Waals surface area contributed by atoms with E-state index in [1.807, 2.05) is 57.9 Å². The smallest absolute Gasteiger partial charge is 0.351 e. The summed E-state index contributed by atoms with van der Waals surface area (Å²) in [5, 5.41) is 18.6. The number of aliphatic hydroxyl groups is 1. The quantitative estimate of drug-likeness (QED) is 0.327. The molecular formula is C27H18N2O2+2. The molecule has 7 rings (SSSR count). The molecule has 1 atom stereocenters. The first kappa shape index (κ1) is 16.7. The molecule has 4 heteroatoms. The number of benzene rings is 4. The summed E-state index contributed by atoms with van der Waals surface area (Å²) in [7, 11) is 0. The molecule has 0 saturated carbocycles. The largest absolute Gasteiger partial charge is 0.665 e. The highest BCUT2D eigenvalue weighted by Crippen LogP contribution is 2.36. The monoisotopic (exact) mass is 402 g/mol. The van der Waals surface area contributed by atoms with Crippen LogP contribution in [0.3, 0.4) is 0 Å². The van der Waals surface area contributed by atoms with Gasteiger partial charge in [-0.1, -0.05) is 51.6 Å². The highest BCUT2D eigenvalue weighted by molar-refractivity contribution is 6.07. The normalized spacial score (nSPS) is 17.6. The van der Waals surface area contributed by atoms with E-state index in [4.69, 9.17) is 4.74 Å². The molecule has 0 amide bonds. The summed E-state index contributed by atoms with van der Waals surface area (Å²) in [6.45, 7) is 0. The van der Waals surface area contributed by atoms with E-state index < -0.39 is 6.03 Å². The lowest BCUT2D eigenvalue weighted by atomic mass is 10.0. The van der Waals surface area contributed by atoms with E-state index in [9.17, 15) is 5.11 Å². The second-order valence-electron chi connectivity index (χ2n) is 8.01. The van der Waals surface area contributed by atoms with Gasteiger partial charge in [0, 0.05) is 22.9 Å². The Bertz CT molecular complexity index is 1690. The highest BCUT2D eigenvalue weighted by atomic mass is 16.7. The first-order valence-corrected chi connectivity index (χ1v) is 10.3. The molecule has 0 saturated heterocycles. The first-order chi connectivity index (χ1) is 15.2. The van der Waals surface area contributed by atoms with Gasteiger partial charge in [-0.05, 0) is 47.2 Å². The van der Waals surface area contributed by atoms with Crippen LogP contribution in [-0.4, -0.2) is 5.11 Å². The molecule has 0 radical (unpaired) electrons. The summed E-state index contributed by atoms with van der Waals surface area (Å²) in [4.78, 5) is 0. The van der Waals surface area contributed by atoms with Gasteiger partial charge >= 0.3 is 6.03 Å². The van der Waals surface area contributed by atoms with Gasteiger partial charge in [0.1, 0.15) is 0 Å². The maximum atomic E-state index is 12.2. The zero-order chi connectivity index (χ0) is 20.6. The molecule has 1 unspecified atom stereocenters. The van der Waals surface area contributed by atoms with Crippen molar-refractivity contribution in [3.05, 3.63) is 103 Å². The molecule has 31 heavy (non-hydrogen) atoms. The summed E-state index contributed by atoms with van der Waals surface area (Å²) >= 11 is 0. The van der Waals surface area contributed by atoms with Crippen LogP contribution >= 0.6 is 0 Å². The maximum Gasteiger partial charge on any atom is 0.665 e. The summed E-state index contributed by atoms with van der Waals surface area (Å²) in [6, 6.07) is 28.8. The Kier molecular flexibility index (Phi) is 3.12. The highest BCUT2D eigenvalue weighted by Gasteiger charge is 2.57. The van der Waals surface area contributed by atoms with E-state index in [1.165, 1.54) is 0 Å². The third kappa shape index (κ3) is 2.12. The third-order valence-corrected chi connectivity index (χ3v) is 6.32. The van der Waals surface area contributed by atoms with E-state index in [0.29, 0.717) is 5.75 Å². The van der Waals surface area contributed by atoms with Crippen molar-refractivity contribution in [1.29, 1.82) is 0 Å². The number of rotatable bonds is 1. The van der Waals surface area contributed by atoms with E-state index in [1.54, 1.807) is 0 Å². The number of ether oxygens (including phenoxy) is 1. The van der Waals surface area contributed by atoms with Gasteiger partial charge in [-0.3, -0.25) is 0 Å². The molecule has 6 aromatic rings. The lowest BCUT2D eigenvalue weighted by molar-refractivity contribution is -1.05. The Balaban J connectivity index is 1.67. The molecule has 0 bridgehead atoms. The fraction of sp³-hybridized carbons (Fsp3) is 0.0370. The van der Waals surface area contributed by atoms with Crippen LogP contribution < -0.4 is 13.9 Å². The molecular weight excluding hydrogens is 384 g/mol. The van der Waals surface area contributed by atoms with E-state index in [2.05, 4.69) is 54.6 Å². The lowest BCUT2D eigenvalue weighted by Crippen LogP contribution is -2.77. The number of aromatic nitrogens is 2. The van der Waals surface area contributed by atoms with Gasteiger partial charge in [-0.2, -0.15) is 0 Å². The van der Waals surface area contributed by atoms with Crippen molar-refractivity contribution in [1.82, 2.24) is 0 Å². The predicted molar refractivity (Wildman–Crippen MR) is 120 cm³/mol. The Hall–Kier alpha value is -4.02. The van der Waals surface area contributed by atoms with Gasteiger partial charge in [-0.15, -0.1) is 0 Å². The fourth-order valence-electron chi connectivity index (χ4n) is 4.96. The summed E-state index contributed by atoms with van der Waals surface area (Å²) in [5.74, 6) is 0.668. The number of hydrogen-bond donors (Lipinski definition) is 1. The van der Waals surface area contributed by atoms with Crippen LogP contribution in [-0.2, 0) is 6.03 Å². The first-order valence-electron chi connectivity index (χ1n) is 10.3. The number of nitrogens with zero attached hydrogens (tertiary/aromatic N) is 2. The number of hydrogen-bond acceptors (Lipinski definition) is 2. The molecule has 4 nitrogen and oxygen atoms in total. The van der Waals surface area contributed by atoms with Crippen LogP contribution in [0.2, 0.25) is 0 Å². The van der Waals surface area contributed by atoms with Crippen molar-refractivity contribution < 1.29 is 19.0 Å². The van der Waals surface area contributed by atoms with Crippen molar-refractivity contribution in [3.8, 4) is 5.75 Å². The Labute approximate surface area is 177 Å². The fourth-order valence-corrected chi connectivity index (χ4v) is 4.96. The topological polar surface area (TPSA) is 37.2 Å². The molecule has 2 aromatic heterocycles. The maximum absolute atomic E-state index is 12.2.